The first kappa shape index (κ1) is 12.2. The zero-order chi connectivity index (χ0) is 13.5. The molecule has 0 radical (unpaired) electrons. The van der Waals surface area contributed by atoms with Crippen molar-refractivity contribution in [1.29, 1.82) is 0 Å². The summed E-state index contributed by atoms with van der Waals surface area (Å²) in [7, 11) is 0. The van der Waals surface area contributed by atoms with E-state index in [1.54, 1.807) is 0 Å². The highest BCUT2D eigenvalue weighted by Gasteiger charge is 2.22. The molecule has 0 amide bonds. The molecule has 4 rings (SSSR count). The largest absolute Gasteiger partial charge is 0.325 e. The number of fused-ring (bicyclic) bond motifs is 2. The highest BCUT2D eigenvalue weighted by Crippen LogP contribution is 2.34. The Morgan fingerprint density at radius 1 is 1.05 bits per heavy atom. The van der Waals surface area contributed by atoms with E-state index in [1.165, 1.54) is 60.1 Å². The first-order valence-electron chi connectivity index (χ1n) is 7.77. The van der Waals surface area contributed by atoms with Gasteiger partial charge in [-0.1, -0.05) is 18.2 Å². The van der Waals surface area contributed by atoms with E-state index in [0.717, 1.165) is 18.7 Å². The molecule has 0 bridgehead atoms. The number of aromatic nitrogens is 2. The van der Waals surface area contributed by atoms with Crippen LogP contribution in [0.4, 0.5) is 0 Å². The Morgan fingerprint density at radius 3 is 2.75 bits per heavy atom. The number of benzene rings is 1. The molecule has 2 aliphatic rings. The number of rotatable bonds is 2. The Kier molecular flexibility index (Phi) is 2.88. The van der Waals surface area contributed by atoms with Crippen molar-refractivity contribution in [1.82, 2.24) is 9.78 Å². The van der Waals surface area contributed by atoms with Crippen molar-refractivity contribution in [2.75, 3.05) is 0 Å². The van der Waals surface area contributed by atoms with E-state index in [2.05, 4.69) is 28.0 Å². The summed E-state index contributed by atoms with van der Waals surface area (Å²) >= 11 is 0. The number of aryl methyl sites for hydroxylation is 3. The second-order valence-electron chi connectivity index (χ2n) is 5.99. The average Bonchev–Trinajstić information content (AvgIpc) is 3.06. The van der Waals surface area contributed by atoms with Crippen LogP contribution in [-0.2, 0) is 32.4 Å². The minimum absolute atomic E-state index is 0.534. The minimum atomic E-state index is 0.534. The molecule has 0 fully saturated rings. The fraction of sp³-hybridized carbons (Fsp3) is 0.471. The van der Waals surface area contributed by atoms with Crippen LogP contribution in [0.15, 0.2) is 18.2 Å². The summed E-state index contributed by atoms with van der Waals surface area (Å²) in [6.45, 7) is 1.58. The van der Waals surface area contributed by atoms with Crippen molar-refractivity contribution in [3.05, 3.63) is 40.7 Å². The number of nitrogens with zero attached hydrogens (tertiary/aromatic N) is 2. The van der Waals surface area contributed by atoms with E-state index < -0.39 is 0 Å². The Labute approximate surface area is 119 Å². The van der Waals surface area contributed by atoms with E-state index in [-0.39, 0.29) is 0 Å². The summed E-state index contributed by atoms with van der Waals surface area (Å²) in [6.07, 6.45) is 7.48. The van der Waals surface area contributed by atoms with Crippen LogP contribution < -0.4 is 5.73 Å². The van der Waals surface area contributed by atoms with E-state index in [4.69, 9.17) is 5.73 Å². The van der Waals surface area contributed by atoms with E-state index >= 15 is 0 Å². The van der Waals surface area contributed by atoms with Gasteiger partial charge >= 0.3 is 0 Å². The van der Waals surface area contributed by atoms with Gasteiger partial charge in [-0.3, -0.25) is 4.68 Å². The van der Waals surface area contributed by atoms with Gasteiger partial charge in [0.05, 0.1) is 5.69 Å². The third kappa shape index (κ3) is 1.80. The Balaban J connectivity index is 1.85. The molecule has 3 nitrogen and oxygen atoms in total. The molecule has 0 saturated carbocycles. The monoisotopic (exact) mass is 267 g/mol. The van der Waals surface area contributed by atoms with Crippen molar-refractivity contribution in [2.24, 2.45) is 5.73 Å². The lowest BCUT2D eigenvalue weighted by Gasteiger charge is -2.17. The van der Waals surface area contributed by atoms with Gasteiger partial charge < -0.3 is 5.73 Å². The summed E-state index contributed by atoms with van der Waals surface area (Å²) in [5, 5.41) is 4.69. The molecule has 0 saturated heterocycles. The molecule has 3 heteroatoms. The number of hydrogen-bond donors (Lipinski definition) is 1. The van der Waals surface area contributed by atoms with Crippen LogP contribution in [0.3, 0.4) is 0 Å². The highest BCUT2D eigenvalue weighted by atomic mass is 15.3. The Hall–Kier alpha value is -1.61. The Morgan fingerprint density at radius 2 is 1.90 bits per heavy atom. The van der Waals surface area contributed by atoms with Crippen molar-refractivity contribution < 1.29 is 0 Å². The maximum Gasteiger partial charge on any atom is 0.0841 e. The normalized spacial score (nSPS) is 17.1. The molecule has 2 aromatic rings. The maximum atomic E-state index is 5.91. The van der Waals surface area contributed by atoms with Gasteiger partial charge in [-0.05, 0) is 55.2 Å². The second kappa shape index (κ2) is 4.74. The van der Waals surface area contributed by atoms with Crippen LogP contribution in [-0.4, -0.2) is 9.78 Å². The lowest BCUT2D eigenvalue weighted by molar-refractivity contribution is 0.644. The van der Waals surface area contributed by atoms with Crippen molar-refractivity contribution in [3.8, 4) is 11.1 Å². The first-order valence-corrected chi connectivity index (χ1v) is 7.77. The van der Waals surface area contributed by atoms with Gasteiger partial charge in [0.15, 0.2) is 0 Å². The van der Waals surface area contributed by atoms with Crippen LogP contribution in [0.25, 0.3) is 11.1 Å². The Bertz CT molecular complexity index is 654. The van der Waals surface area contributed by atoms with Gasteiger partial charge in [0, 0.05) is 24.3 Å². The topological polar surface area (TPSA) is 43.8 Å². The first-order chi connectivity index (χ1) is 9.86. The van der Waals surface area contributed by atoms with Gasteiger partial charge in [-0.2, -0.15) is 5.10 Å². The SMILES string of the molecule is NCc1nn2c(c1-c1ccc3c(c1)CCCC3)CCC2. The molecule has 0 atom stereocenters. The lowest BCUT2D eigenvalue weighted by Crippen LogP contribution is -2.04. The van der Waals surface area contributed by atoms with Crippen LogP contribution in [0.1, 0.15) is 41.8 Å². The predicted molar refractivity (Wildman–Crippen MR) is 80.5 cm³/mol. The van der Waals surface area contributed by atoms with Crippen LogP contribution in [0.5, 0.6) is 0 Å². The molecule has 1 aliphatic carbocycles. The molecule has 2 N–H and O–H groups in total. The predicted octanol–water partition coefficient (Wildman–Crippen LogP) is 2.83. The van der Waals surface area contributed by atoms with Crippen LogP contribution in [0, 0.1) is 0 Å². The van der Waals surface area contributed by atoms with Gasteiger partial charge in [-0.25, -0.2) is 0 Å². The summed E-state index contributed by atoms with van der Waals surface area (Å²) in [5.74, 6) is 0. The minimum Gasteiger partial charge on any atom is -0.325 e. The lowest BCUT2D eigenvalue weighted by atomic mass is 9.88. The second-order valence-corrected chi connectivity index (χ2v) is 5.99. The van der Waals surface area contributed by atoms with Gasteiger partial charge in [0.1, 0.15) is 0 Å². The van der Waals surface area contributed by atoms with Crippen LogP contribution in [0.2, 0.25) is 0 Å². The fourth-order valence-corrected chi connectivity index (χ4v) is 3.75. The number of hydrogen-bond acceptors (Lipinski definition) is 2. The third-order valence-electron chi connectivity index (χ3n) is 4.74. The standard InChI is InChI=1S/C17H21N3/c18-11-15-17(16-6-3-9-20(16)19-15)14-8-7-12-4-1-2-5-13(12)10-14/h7-8,10H,1-6,9,11,18H2. The number of nitrogens with two attached hydrogens (primary N) is 1. The van der Waals surface area contributed by atoms with Crippen molar-refractivity contribution >= 4 is 0 Å². The molecule has 0 spiro atoms. The summed E-state index contributed by atoms with van der Waals surface area (Å²) in [4.78, 5) is 0. The van der Waals surface area contributed by atoms with Crippen LogP contribution >= 0.6 is 0 Å². The quantitative estimate of drug-likeness (QED) is 0.909. The third-order valence-corrected chi connectivity index (χ3v) is 4.74. The summed E-state index contributed by atoms with van der Waals surface area (Å²) < 4.78 is 2.16. The fourth-order valence-electron chi connectivity index (χ4n) is 3.75. The molecule has 0 unspecified atom stereocenters. The summed E-state index contributed by atoms with van der Waals surface area (Å²) in [5.41, 5.74) is 14.1. The van der Waals surface area contributed by atoms with Crippen molar-refractivity contribution in [2.45, 2.75) is 51.6 Å². The maximum absolute atomic E-state index is 5.91. The summed E-state index contributed by atoms with van der Waals surface area (Å²) in [6, 6.07) is 6.99. The van der Waals surface area contributed by atoms with E-state index in [9.17, 15) is 0 Å². The molecule has 2 heterocycles. The highest BCUT2D eigenvalue weighted by molar-refractivity contribution is 5.70. The van der Waals surface area contributed by atoms with E-state index in [1.807, 2.05) is 0 Å². The molecule has 1 aliphatic heterocycles. The van der Waals surface area contributed by atoms with Gasteiger partial charge in [0.25, 0.3) is 0 Å². The molecule has 1 aromatic heterocycles. The molecular weight excluding hydrogens is 246 g/mol. The van der Waals surface area contributed by atoms with Gasteiger partial charge in [0.2, 0.25) is 0 Å². The molecule has 20 heavy (non-hydrogen) atoms. The van der Waals surface area contributed by atoms with Crippen molar-refractivity contribution in [3.63, 3.8) is 0 Å². The zero-order valence-corrected chi connectivity index (χ0v) is 11.9. The van der Waals surface area contributed by atoms with E-state index in [0.29, 0.717) is 6.54 Å². The smallest absolute Gasteiger partial charge is 0.0841 e. The molecule has 104 valence electrons. The zero-order valence-electron chi connectivity index (χ0n) is 11.9. The van der Waals surface area contributed by atoms with Gasteiger partial charge in [-0.15, -0.1) is 0 Å². The molecular formula is C17H21N3. The molecule has 1 aromatic carbocycles. The average molecular weight is 267 g/mol.